The van der Waals surface area contributed by atoms with Gasteiger partial charge in [0.25, 0.3) is 0 Å². The number of anilines is 2. The Morgan fingerprint density at radius 3 is 2.36 bits per heavy atom. The van der Waals surface area contributed by atoms with Gasteiger partial charge in [-0.15, -0.1) is 21.8 Å². The Kier molecular flexibility index (Phi) is 5.81. The van der Waals surface area contributed by atoms with Crippen LogP contribution in [0.25, 0.3) is 0 Å². The van der Waals surface area contributed by atoms with Gasteiger partial charge in [-0.2, -0.15) is 0 Å². The molecule has 1 aromatic heterocycles. The number of fused-ring (bicyclic) bond motifs is 2. The summed E-state index contributed by atoms with van der Waals surface area (Å²) in [6.45, 7) is 8.30. The van der Waals surface area contributed by atoms with Gasteiger partial charge >= 0.3 is 0 Å². The number of nitrogens with one attached hydrogen (secondary N) is 1. The molecule has 1 heterocycles. The van der Waals surface area contributed by atoms with E-state index in [0.717, 1.165) is 37.3 Å². The topological polar surface area (TPSA) is 52.0 Å². The first kappa shape index (κ1) is 19.9. The van der Waals surface area contributed by atoms with E-state index in [-0.39, 0.29) is 0 Å². The number of benzene rings is 1. The van der Waals surface area contributed by atoms with Gasteiger partial charge in [0.2, 0.25) is 5.95 Å². The second-order valence-corrected chi connectivity index (χ2v) is 15.1. The lowest BCUT2D eigenvalue weighted by Gasteiger charge is -2.18. The van der Waals surface area contributed by atoms with Gasteiger partial charge in [-0.25, -0.2) is 0 Å². The largest absolute Gasteiger partial charge is 0.361 e. The minimum absolute atomic E-state index is 0.330. The molecule has 1 N–H and O–H groups in total. The number of hydrogen-bond acceptors (Lipinski definition) is 4. The fourth-order valence-electron chi connectivity index (χ4n) is 4.28. The van der Waals surface area contributed by atoms with E-state index in [1.165, 1.54) is 53.6 Å². The number of halogens is 1. The molecule has 0 bridgehead atoms. The molecule has 0 radical (unpaired) electrons. The van der Waals surface area contributed by atoms with Gasteiger partial charge in [-0.3, -0.25) is 4.57 Å². The number of nitrogens with zero attached hydrogens (tertiary/aromatic N) is 3. The maximum atomic E-state index is 6.12. The van der Waals surface area contributed by atoms with Crippen LogP contribution in [0.15, 0.2) is 6.07 Å². The van der Waals surface area contributed by atoms with Gasteiger partial charge in [0.15, 0.2) is 5.82 Å². The molecule has 0 spiro atoms. The molecule has 152 valence electrons. The fourth-order valence-corrected chi connectivity index (χ4v) is 5.23. The zero-order chi connectivity index (χ0) is 19.7. The minimum atomic E-state index is -1.11. The van der Waals surface area contributed by atoms with Crippen molar-refractivity contribution in [3.63, 3.8) is 0 Å². The summed E-state index contributed by atoms with van der Waals surface area (Å²) in [5.41, 5.74) is 7.25. The maximum Gasteiger partial charge on any atom is 0.231 e. The third kappa shape index (κ3) is 4.14. The third-order valence-corrected chi connectivity index (χ3v) is 7.82. The van der Waals surface area contributed by atoms with Crippen LogP contribution in [-0.4, -0.2) is 29.4 Å². The first-order chi connectivity index (χ1) is 13.5. The fraction of sp³-hybridized carbons (Fsp3) is 0.619. The van der Waals surface area contributed by atoms with Crippen LogP contribution in [0, 0.1) is 0 Å². The molecule has 0 atom stereocenters. The van der Waals surface area contributed by atoms with Crippen LogP contribution in [-0.2, 0) is 43.0 Å². The number of hydrogen-bond donors (Lipinski definition) is 1. The number of aromatic nitrogens is 3. The number of aryl methyl sites for hydroxylation is 2. The molecule has 7 heteroatoms. The molecular weight excluding hydrogens is 388 g/mol. The summed E-state index contributed by atoms with van der Waals surface area (Å²) < 4.78 is 7.97. The van der Waals surface area contributed by atoms with Gasteiger partial charge in [-0.1, -0.05) is 25.7 Å². The summed E-state index contributed by atoms with van der Waals surface area (Å²) in [4.78, 5) is 0. The normalized spacial score (nSPS) is 15.7. The van der Waals surface area contributed by atoms with Crippen LogP contribution in [0.4, 0.5) is 11.6 Å². The molecule has 0 aliphatic heterocycles. The van der Waals surface area contributed by atoms with Crippen LogP contribution < -0.4 is 5.32 Å². The van der Waals surface area contributed by atoms with E-state index in [4.69, 9.17) is 16.3 Å². The molecule has 2 aromatic rings. The van der Waals surface area contributed by atoms with Crippen molar-refractivity contribution in [3.8, 4) is 0 Å². The van der Waals surface area contributed by atoms with Gasteiger partial charge in [0.05, 0.1) is 5.88 Å². The highest BCUT2D eigenvalue weighted by molar-refractivity contribution is 6.76. The molecule has 0 amide bonds. The van der Waals surface area contributed by atoms with Gasteiger partial charge in [-0.05, 0) is 66.8 Å². The number of alkyl halides is 1. The van der Waals surface area contributed by atoms with Crippen LogP contribution in [0.5, 0.6) is 0 Å². The molecule has 2 aliphatic rings. The Hall–Kier alpha value is -1.37. The first-order valence-electron chi connectivity index (χ1n) is 10.5. The van der Waals surface area contributed by atoms with Gasteiger partial charge < -0.3 is 10.1 Å². The zero-order valence-electron chi connectivity index (χ0n) is 17.3. The van der Waals surface area contributed by atoms with E-state index in [1.807, 2.05) is 4.57 Å². The molecular formula is C21H31ClN4OSi. The summed E-state index contributed by atoms with van der Waals surface area (Å²) in [5.74, 6) is 1.83. The molecule has 0 saturated heterocycles. The van der Waals surface area contributed by atoms with E-state index in [0.29, 0.717) is 12.6 Å². The van der Waals surface area contributed by atoms with E-state index in [1.54, 1.807) is 0 Å². The quantitative estimate of drug-likeness (QED) is 0.370. The van der Waals surface area contributed by atoms with Crippen LogP contribution in [0.1, 0.15) is 40.9 Å². The maximum absolute atomic E-state index is 6.12. The van der Waals surface area contributed by atoms with Crippen LogP contribution >= 0.6 is 11.6 Å². The van der Waals surface area contributed by atoms with Crippen molar-refractivity contribution in [3.05, 3.63) is 34.1 Å². The minimum Gasteiger partial charge on any atom is -0.361 e. The predicted octanol–water partition coefficient (Wildman–Crippen LogP) is 5.05. The van der Waals surface area contributed by atoms with E-state index in [9.17, 15) is 0 Å². The molecule has 1 aromatic carbocycles. The summed E-state index contributed by atoms with van der Waals surface area (Å²) in [6.07, 6.45) is 7.16. The Bertz CT molecular complexity index is 827. The summed E-state index contributed by atoms with van der Waals surface area (Å²) >= 11 is 6.12. The van der Waals surface area contributed by atoms with Crippen molar-refractivity contribution >= 4 is 31.3 Å². The van der Waals surface area contributed by atoms with Crippen molar-refractivity contribution in [2.45, 2.75) is 76.8 Å². The van der Waals surface area contributed by atoms with Crippen LogP contribution in [0.2, 0.25) is 25.7 Å². The lowest BCUT2D eigenvalue weighted by molar-refractivity contribution is 0.0868. The molecule has 0 fully saturated rings. The molecule has 0 unspecified atom stereocenters. The van der Waals surface area contributed by atoms with Crippen LogP contribution in [0.3, 0.4) is 0 Å². The molecule has 4 rings (SSSR count). The van der Waals surface area contributed by atoms with Gasteiger partial charge in [0.1, 0.15) is 6.73 Å². The predicted molar refractivity (Wildman–Crippen MR) is 117 cm³/mol. The Morgan fingerprint density at radius 1 is 1.07 bits per heavy atom. The van der Waals surface area contributed by atoms with Gasteiger partial charge in [0, 0.05) is 20.4 Å². The Balaban J connectivity index is 1.57. The third-order valence-electron chi connectivity index (χ3n) is 5.87. The highest BCUT2D eigenvalue weighted by atomic mass is 35.5. The average molecular weight is 419 g/mol. The zero-order valence-corrected chi connectivity index (χ0v) is 19.0. The molecule has 5 nitrogen and oxygen atoms in total. The standard InChI is InChI=1S/C21H31ClN4OSi/c1-28(2,3)11-10-27-14-26-19(13-22)24-25-21(26)23-20-17-8-4-6-15(17)12-16-7-5-9-18(16)20/h12H,4-11,13-14H2,1-3H3,(H,23,25). The summed E-state index contributed by atoms with van der Waals surface area (Å²) in [7, 11) is -1.11. The molecule has 0 saturated carbocycles. The van der Waals surface area contributed by atoms with Crippen molar-refractivity contribution in [2.24, 2.45) is 0 Å². The Morgan fingerprint density at radius 2 is 1.75 bits per heavy atom. The highest BCUT2D eigenvalue weighted by Gasteiger charge is 2.25. The van der Waals surface area contributed by atoms with Crippen molar-refractivity contribution in [1.82, 2.24) is 14.8 Å². The monoisotopic (exact) mass is 418 g/mol. The average Bonchev–Trinajstić information content (AvgIpc) is 3.37. The Labute approximate surface area is 173 Å². The highest BCUT2D eigenvalue weighted by Crippen LogP contribution is 2.39. The van der Waals surface area contributed by atoms with Crippen molar-refractivity contribution < 1.29 is 4.74 Å². The van der Waals surface area contributed by atoms with Crippen molar-refractivity contribution in [1.29, 1.82) is 0 Å². The second kappa shape index (κ2) is 8.17. The van der Waals surface area contributed by atoms with E-state index in [2.05, 4.69) is 41.2 Å². The second-order valence-electron chi connectivity index (χ2n) is 9.21. The molecule has 2 aliphatic carbocycles. The lowest BCUT2D eigenvalue weighted by atomic mass is 9.99. The lowest BCUT2D eigenvalue weighted by Crippen LogP contribution is -2.22. The first-order valence-corrected chi connectivity index (χ1v) is 14.7. The van der Waals surface area contributed by atoms with Crippen molar-refractivity contribution in [2.75, 3.05) is 11.9 Å². The smallest absolute Gasteiger partial charge is 0.231 e. The summed E-state index contributed by atoms with van der Waals surface area (Å²) in [5, 5.41) is 12.3. The number of rotatable bonds is 8. The number of ether oxygens (including phenoxy) is 1. The van der Waals surface area contributed by atoms with E-state index >= 15 is 0 Å². The molecule has 28 heavy (non-hydrogen) atoms. The SMILES string of the molecule is C[Si](C)(C)CCOCn1c(CCl)nnc1Nc1c2c(cc3c1CCC3)CCC2. The summed E-state index contributed by atoms with van der Waals surface area (Å²) in [6, 6.07) is 3.60. The van der Waals surface area contributed by atoms with E-state index < -0.39 is 8.07 Å².